The first-order valence-corrected chi connectivity index (χ1v) is 8.00. The van der Waals surface area contributed by atoms with Crippen LogP contribution < -0.4 is 10.6 Å². The van der Waals surface area contributed by atoms with Crippen LogP contribution in [0.4, 0.5) is 4.79 Å². The molecule has 2 unspecified atom stereocenters. The van der Waals surface area contributed by atoms with Gasteiger partial charge in [0.05, 0.1) is 12.1 Å². The van der Waals surface area contributed by atoms with Gasteiger partial charge in [0.25, 0.3) is 0 Å². The fraction of sp³-hybridized carbons (Fsp3) is 0.105. The van der Waals surface area contributed by atoms with E-state index in [9.17, 15) is 4.79 Å². The number of aromatic amines is 2. The molecular weight excluding hydrogens is 300 g/mol. The maximum atomic E-state index is 12.1. The van der Waals surface area contributed by atoms with Crippen LogP contribution in [0, 0.1) is 0 Å². The van der Waals surface area contributed by atoms with Gasteiger partial charge in [0.1, 0.15) is 0 Å². The number of H-pyrrole nitrogens is 2. The standard InChI is InChI=1S/C19H16N4O/c24-19-22-17(13-9-20-15-7-3-1-5-11(13)15)18(23-19)14-10-21-16-8-4-2-6-12(14)16/h1-10,17-18,20-21H,(H2,22,23,24). The van der Waals surface area contributed by atoms with Crippen molar-refractivity contribution in [3.05, 3.63) is 72.1 Å². The minimum Gasteiger partial charge on any atom is -0.361 e. The van der Waals surface area contributed by atoms with Gasteiger partial charge in [-0.15, -0.1) is 0 Å². The van der Waals surface area contributed by atoms with E-state index in [-0.39, 0.29) is 18.1 Å². The average molecular weight is 316 g/mol. The molecule has 5 rings (SSSR count). The van der Waals surface area contributed by atoms with Crippen LogP contribution in [0.25, 0.3) is 21.8 Å². The van der Waals surface area contributed by atoms with Gasteiger partial charge in [-0.3, -0.25) is 0 Å². The molecule has 118 valence electrons. The van der Waals surface area contributed by atoms with Crippen molar-refractivity contribution in [3.8, 4) is 0 Å². The van der Waals surface area contributed by atoms with Crippen LogP contribution in [-0.4, -0.2) is 16.0 Å². The fourth-order valence-corrected chi connectivity index (χ4v) is 3.71. The lowest BCUT2D eigenvalue weighted by Crippen LogP contribution is -2.21. The van der Waals surface area contributed by atoms with Crippen LogP contribution in [0.3, 0.4) is 0 Å². The maximum Gasteiger partial charge on any atom is 0.315 e. The zero-order valence-corrected chi connectivity index (χ0v) is 12.8. The third kappa shape index (κ3) is 1.84. The van der Waals surface area contributed by atoms with Crippen molar-refractivity contribution < 1.29 is 4.79 Å². The largest absolute Gasteiger partial charge is 0.361 e. The van der Waals surface area contributed by atoms with Crippen molar-refractivity contribution in [2.75, 3.05) is 0 Å². The van der Waals surface area contributed by atoms with E-state index in [2.05, 4.69) is 32.7 Å². The summed E-state index contributed by atoms with van der Waals surface area (Å²) in [5.41, 5.74) is 4.34. The number of rotatable bonds is 2. The van der Waals surface area contributed by atoms with Crippen molar-refractivity contribution in [1.82, 2.24) is 20.6 Å². The summed E-state index contributed by atoms with van der Waals surface area (Å²) in [6, 6.07) is 15.9. The van der Waals surface area contributed by atoms with Crippen LogP contribution in [-0.2, 0) is 0 Å². The molecule has 5 nitrogen and oxygen atoms in total. The molecule has 1 saturated heterocycles. The van der Waals surface area contributed by atoms with Crippen molar-refractivity contribution >= 4 is 27.8 Å². The number of carbonyl (C=O) groups excluding carboxylic acids is 1. The molecule has 2 aromatic carbocycles. The molecule has 24 heavy (non-hydrogen) atoms. The number of amides is 2. The lowest BCUT2D eigenvalue weighted by atomic mass is 9.94. The number of hydrogen-bond acceptors (Lipinski definition) is 1. The number of hydrogen-bond donors (Lipinski definition) is 4. The Bertz CT molecular complexity index is 977. The van der Waals surface area contributed by atoms with Gasteiger partial charge in [0.15, 0.2) is 0 Å². The smallest absolute Gasteiger partial charge is 0.315 e. The van der Waals surface area contributed by atoms with Crippen LogP contribution in [0.1, 0.15) is 23.2 Å². The molecule has 1 aliphatic rings. The Morgan fingerprint density at radius 2 is 1.12 bits per heavy atom. The average Bonchev–Trinajstić information content (AvgIpc) is 3.30. The van der Waals surface area contributed by atoms with Crippen molar-refractivity contribution in [2.45, 2.75) is 12.1 Å². The highest BCUT2D eigenvalue weighted by Crippen LogP contribution is 2.38. The van der Waals surface area contributed by atoms with Gasteiger partial charge < -0.3 is 20.6 Å². The van der Waals surface area contributed by atoms with E-state index in [1.807, 2.05) is 48.8 Å². The third-order valence-electron chi connectivity index (χ3n) is 4.82. The summed E-state index contributed by atoms with van der Waals surface area (Å²) in [6.45, 7) is 0. The zero-order chi connectivity index (χ0) is 16.1. The van der Waals surface area contributed by atoms with Gasteiger partial charge in [0, 0.05) is 45.3 Å². The molecule has 2 aromatic heterocycles. The second-order valence-electron chi connectivity index (χ2n) is 6.15. The molecule has 5 heteroatoms. The summed E-state index contributed by atoms with van der Waals surface area (Å²) in [4.78, 5) is 18.7. The summed E-state index contributed by atoms with van der Waals surface area (Å²) in [6.07, 6.45) is 3.98. The zero-order valence-electron chi connectivity index (χ0n) is 12.8. The van der Waals surface area contributed by atoms with Crippen LogP contribution in [0.5, 0.6) is 0 Å². The second kappa shape index (κ2) is 4.89. The monoisotopic (exact) mass is 316 g/mol. The highest BCUT2D eigenvalue weighted by atomic mass is 16.2. The van der Waals surface area contributed by atoms with E-state index < -0.39 is 0 Å². The molecule has 0 saturated carbocycles. The molecule has 1 fully saturated rings. The van der Waals surface area contributed by atoms with E-state index in [0.29, 0.717) is 0 Å². The van der Waals surface area contributed by atoms with Crippen LogP contribution in [0.15, 0.2) is 60.9 Å². The summed E-state index contributed by atoms with van der Waals surface area (Å²) < 4.78 is 0. The predicted molar refractivity (Wildman–Crippen MR) is 93.7 cm³/mol. The van der Waals surface area contributed by atoms with E-state index in [1.54, 1.807) is 0 Å². The summed E-state index contributed by atoms with van der Waals surface area (Å²) in [5.74, 6) is 0. The normalized spacial score (nSPS) is 20.4. The van der Waals surface area contributed by atoms with E-state index in [0.717, 1.165) is 32.9 Å². The lowest BCUT2D eigenvalue weighted by Gasteiger charge is -2.18. The third-order valence-corrected chi connectivity index (χ3v) is 4.82. The van der Waals surface area contributed by atoms with E-state index >= 15 is 0 Å². The van der Waals surface area contributed by atoms with Gasteiger partial charge in [-0.05, 0) is 12.1 Å². The Kier molecular flexibility index (Phi) is 2.70. The van der Waals surface area contributed by atoms with Crippen LogP contribution >= 0.6 is 0 Å². The van der Waals surface area contributed by atoms with E-state index in [1.165, 1.54) is 0 Å². The molecule has 4 N–H and O–H groups in total. The quantitative estimate of drug-likeness (QED) is 0.447. The minimum atomic E-state index is -0.138. The van der Waals surface area contributed by atoms with Gasteiger partial charge >= 0.3 is 6.03 Å². The van der Waals surface area contributed by atoms with Gasteiger partial charge in [0.2, 0.25) is 0 Å². The van der Waals surface area contributed by atoms with Gasteiger partial charge in [-0.1, -0.05) is 36.4 Å². The first-order valence-electron chi connectivity index (χ1n) is 8.00. The van der Waals surface area contributed by atoms with Crippen LogP contribution in [0.2, 0.25) is 0 Å². The number of para-hydroxylation sites is 2. The molecule has 4 aromatic rings. The Labute approximate surface area is 138 Å². The SMILES string of the molecule is O=C1NC(c2c[nH]c3ccccc23)C(c2c[nH]c3ccccc23)N1. The highest BCUT2D eigenvalue weighted by Gasteiger charge is 2.36. The topological polar surface area (TPSA) is 72.7 Å². The van der Waals surface area contributed by atoms with E-state index in [4.69, 9.17) is 0 Å². The second-order valence-corrected chi connectivity index (χ2v) is 6.15. The molecule has 0 bridgehead atoms. The first-order chi connectivity index (χ1) is 11.8. The molecular formula is C19H16N4O. The van der Waals surface area contributed by atoms with Gasteiger partial charge in [-0.25, -0.2) is 4.79 Å². The molecule has 2 amide bonds. The Morgan fingerprint density at radius 1 is 0.667 bits per heavy atom. The molecule has 0 radical (unpaired) electrons. The molecule has 2 atom stereocenters. The van der Waals surface area contributed by atoms with Crippen molar-refractivity contribution in [2.24, 2.45) is 0 Å². The fourth-order valence-electron chi connectivity index (χ4n) is 3.71. The minimum absolute atomic E-state index is 0.118. The maximum absolute atomic E-state index is 12.1. The number of nitrogens with one attached hydrogen (secondary N) is 4. The number of fused-ring (bicyclic) bond motifs is 2. The number of aromatic nitrogens is 2. The summed E-state index contributed by atoms with van der Waals surface area (Å²) >= 11 is 0. The van der Waals surface area contributed by atoms with Crippen molar-refractivity contribution in [3.63, 3.8) is 0 Å². The first kappa shape index (κ1) is 13.2. The Balaban J connectivity index is 1.66. The number of benzene rings is 2. The Morgan fingerprint density at radius 3 is 1.62 bits per heavy atom. The lowest BCUT2D eigenvalue weighted by molar-refractivity contribution is 0.247. The number of urea groups is 1. The molecule has 0 spiro atoms. The number of carbonyl (C=O) groups is 1. The van der Waals surface area contributed by atoms with Crippen molar-refractivity contribution in [1.29, 1.82) is 0 Å². The highest BCUT2D eigenvalue weighted by molar-refractivity contribution is 5.89. The Hall–Kier alpha value is -3.21. The van der Waals surface area contributed by atoms with Gasteiger partial charge in [-0.2, -0.15) is 0 Å². The molecule has 3 heterocycles. The molecule has 1 aliphatic heterocycles. The summed E-state index contributed by atoms with van der Waals surface area (Å²) in [5, 5.41) is 8.41. The predicted octanol–water partition coefficient (Wildman–Crippen LogP) is 3.74. The summed E-state index contributed by atoms with van der Waals surface area (Å²) in [7, 11) is 0. The molecule has 0 aliphatic carbocycles.